The topological polar surface area (TPSA) is 104 Å². The molecule has 1 saturated heterocycles. The smallest absolute Gasteiger partial charge is 0.231 e. The molecule has 0 spiro atoms. The van der Waals surface area contributed by atoms with E-state index < -0.39 is 6.04 Å². The van der Waals surface area contributed by atoms with E-state index in [4.69, 9.17) is 37.9 Å². The lowest BCUT2D eigenvalue weighted by Crippen LogP contribution is -2.68. The number of nitrogens with zero attached hydrogens (tertiary/aromatic N) is 3. The van der Waals surface area contributed by atoms with Gasteiger partial charge >= 0.3 is 0 Å². The van der Waals surface area contributed by atoms with Gasteiger partial charge in [-0.2, -0.15) is 17.0 Å². The molecule has 11 nitrogen and oxygen atoms in total. The molecule has 6 atom stereocenters. The van der Waals surface area contributed by atoms with Crippen LogP contribution in [0.4, 0.5) is 0 Å². The zero-order valence-electron chi connectivity index (χ0n) is 36.6. The molecule has 0 radical (unpaired) electrons. The van der Waals surface area contributed by atoms with Crippen LogP contribution in [-0.4, -0.2) is 107 Å². The largest absolute Gasteiger partial charge is 0.493 e. The van der Waals surface area contributed by atoms with Gasteiger partial charge in [0, 0.05) is 58.9 Å². The summed E-state index contributed by atoms with van der Waals surface area (Å²) in [5.74, 6) is 5.64. The molecular weight excluding hydrogens is 803 g/mol. The van der Waals surface area contributed by atoms with Gasteiger partial charge in [-0.3, -0.25) is 9.80 Å². The van der Waals surface area contributed by atoms with E-state index in [1.807, 2.05) is 25.6 Å². The van der Waals surface area contributed by atoms with Crippen molar-refractivity contribution >= 4 is 11.8 Å². The molecule has 4 aromatic rings. The van der Waals surface area contributed by atoms with Gasteiger partial charge in [0.25, 0.3) is 0 Å². The third-order valence-corrected chi connectivity index (χ3v) is 14.7. The first kappa shape index (κ1) is 42.6. The van der Waals surface area contributed by atoms with E-state index in [1.54, 1.807) is 20.3 Å². The molecule has 0 amide bonds. The molecule has 4 aromatic carbocycles. The monoisotopic (exact) mass is 859 g/mol. The molecule has 0 aromatic heterocycles. The summed E-state index contributed by atoms with van der Waals surface area (Å²) in [6, 6.07) is 21.4. The minimum absolute atomic E-state index is 0.0435. The molecule has 326 valence electrons. The Hall–Kier alpha value is -4.74. The van der Waals surface area contributed by atoms with Gasteiger partial charge in [0.05, 0.1) is 51.2 Å². The van der Waals surface area contributed by atoms with Crippen molar-refractivity contribution in [2.24, 2.45) is 0 Å². The number of benzene rings is 4. The molecular formula is C50H57N3O8S. The lowest BCUT2D eigenvalue weighted by Gasteiger charge is -2.60. The predicted octanol–water partition coefficient (Wildman–Crippen LogP) is 8.33. The highest BCUT2D eigenvalue weighted by Gasteiger charge is 2.57. The summed E-state index contributed by atoms with van der Waals surface area (Å²) in [5.41, 5.74) is 11.6. The Labute approximate surface area is 369 Å². The minimum Gasteiger partial charge on any atom is -0.493 e. The van der Waals surface area contributed by atoms with Crippen molar-refractivity contribution in [2.45, 2.75) is 75.8 Å². The highest BCUT2D eigenvalue weighted by atomic mass is 32.2. The van der Waals surface area contributed by atoms with E-state index in [9.17, 15) is 5.26 Å². The second-order valence-corrected chi connectivity index (χ2v) is 18.0. The summed E-state index contributed by atoms with van der Waals surface area (Å²) < 4.78 is 49.8. The number of methoxy groups -OCH3 is 2. The lowest BCUT2D eigenvalue weighted by molar-refractivity contribution is -0.0946. The predicted molar refractivity (Wildman–Crippen MR) is 240 cm³/mol. The summed E-state index contributed by atoms with van der Waals surface area (Å²) in [6.45, 7) is 11.9. The molecule has 0 N–H and O–H groups in total. The van der Waals surface area contributed by atoms with Gasteiger partial charge in [0.15, 0.2) is 29.8 Å². The molecule has 0 saturated carbocycles. The zero-order valence-corrected chi connectivity index (χ0v) is 37.4. The average Bonchev–Trinajstić information content (AvgIpc) is 3.89. The van der Waals surface area contributed by atoms with Crippen molar-refractivity contribution in [1.29, 1.82) is 5.26 Å². The van der Waals surface area contributed by atoms with Gasteiger partial charge in [0.2, 0.25) is 6.79 Å². The first-order chi connectivity index (χ1) is 30.3. The molecule has 1 aliphatic carbocycles. The van der Waals surface area contributed by atoms with Crippen LogP contribution in [0.1, 0.15) is 69.4 Å². The van der Waals surface area contributed by atoms with Crippen molar-refractivity contribution in [3.05, 3.63) is 112 Å². The fraction of sp³-hybridized carbons (Fsp3) is 0.460. The number of nitriles is 1. The summed E-state index contributed by atoms with van der Waals surface area (Å²) >= 11 is 1.93. The number of aryl methyl sites for hydroxylation is 1. The maximum absolute atomic E-state index is 11.3. The lowest BCUT2D eigenvalue weighted by atomic mass is 9.71. The Morgan fingerprint density at radius 1 is 0.935 bits per heavy atom. The molecule has 2 bridgehead atoms. The third-order valence-electron chi connectivity index (χ3n) is 13.4. The van der Waals surface area contributed by atoms with E-state index >= 15 is 0 Å². The molecule has 62 heavy (non-hydrogen) atoms. The molecule has 4 heterocycles. The van der Waals surface area contributed by atoms with Crippen LogP contribution in [0.5, 0.6) is 28.7 Å². The number of hydrogen-bond acceptors (Lipinski definition) is 12. The van der Waals surface area contributed by atoms with Crippen molar-refractivity contribution in [3.63, 3.8) is 0 Å². The van der Waals surface area contributed by atoms with Crippen molar-refractivity contribution < 1.29 is 37.9 Å². The first-order valence-electron chi connectivity index (χ1n) is 21.7. The van der Waals surface area contributed by atoms with E-state index in [0.29, 0.717) is 68.2 Å². The summed E-state index contributed by atoms with van der Waals surface area (Å²) in [7, 11) is 5.48. The zero-order chi connectivity index (χ0) is 43.1. The van der Waals surface area contributed by atoms with E-state index in [-0.39, 0.29) is 43.9 Å². The summed E-state index contributed by atoms with van der Waals surface area (Å²) in [4.78, 5) is 4.81. The molecule has 4 aliphatic heterocycles. The van der Waals surface area contributed by atoms with Gasteiger partial charge in [-0.25, -0.2) is 0 Å². The third kappa shape index (κ3) is 7.30. The van der Waals surface area contributed by atoms with Crippen LogP contribution in [0, 0.1) is 25.2 Å². The van der Waals surface area contributed by atoms with Crippen LogP contribution in [0.25, 0.3) is 11.1 Å². The number of fused-ring (bicyclic) bond motifs is 12. The Kier molecular flexibility index (Phi) is 12.5. The fourth-order valence-corrected chi connectivity index (χ4v) is 12.0. The van der Waals surface area contributed by atoms with E-state index in [1.165, 1.54) is 22.3 Å². The normalized spacial score (nSPS) is 22.4. The van der Waals surface area contributed by atoms with Crippen molar-refractivity contribution in [3.8, 4) is 45.9 Å². The van der Waals surface area contributed by atoms with Gasteiger partial charge in [-0.1, -0.05) is 67.3 Å². The maximum atomic E-state index is 11.3. The quantitative estimate of drug-likeness (QED) is 0.0580. The Balaban J connectivity index is 1.07. The second-order valence-electron chi connectivity index (χ2n) is 16.9. The highest BCUT2D eigenvalue weighted by Crippen LogP contribution is 2.59. The summed E-state index contributed by atoms with van der Waals surface area (Å²) in [6.07, 6.45) is 2.95. The highest BCUT2D eigenvalue weighted by molar-refractivity contribution is 7.99. The standard InChI is InChI=1S/C50H57N3O8S/c1-8-17-57-47-31(4)48-50(61-28-60-48)44-37(47)22-40-45-43-32(20-29(2)46(55-7)49(43)59-27-56-19-18-54-6)21-39(52(45)5)41(23-51)53(40)42(44)24-58-30(3)25-62-26-38-35-15-11-9-13-33(35)34-14-10-12-16-36(34)38/h8-16,20,30,38-42,45H,1,17-19,21-22,24-28H2,2-7H3/t30?,39-,40?,41-,42-,45-/m0/s1. The van der Waals surface area contributed by atoms with Crippen molar-refractivity contribution in [1.82, 2.24) is 9.80 Å². The van der Waals surface area contributed by atoms with E-state index in [2.05, 4.69) is 91.0 Å². The van der Waals surface area contributed by atoms with Crippen molar-refractivity contribution in [2.75, 3.05) is 72.8 Å². The second kappa shape index (κ2) is 18.2. The molecule has 2 unspecified atom stereocenters. The Morgan fingerprint density at radius 3 is 2.39 bits per heavy atom. The molecule has 9 rings (SSSR count). The fourth-order valence-electron chi connectivity index (χ4n) is 10.8. The van der Waals surface area contributed by atoms with Gasteiger partial charge in [0.1, 0.15) is 18.4 Å². The number of likely N-dealkylation sites (N-methyl/N-ethyl adjacent to an activating group) is 1. The number of ether oxygens (including phenoxy) is 8. The van der Waals surface area contributed by atoms with Crippen LogP contribution in [0.15, 0.2) is 67.3 Å². The molecule has 5 aliphatic rings. The first-order valence-corrected chi connectivity index (χ1v) is 22.8. The molecule has 1 fully saturated rings. The van der Waals surface area contributed by atoms with Gasteiger partial charge in [-0.05, 0) is 74.0 Å². The van der Waals surface area contributed by atoms with E-state index in [0.717, 1.165) is 50.6 Å². The average molecular weight is 860 g/mol. The Bertz CT molecular complexity index is 2320. The van der Waals surface area contributed by atoms with Crippen LogP contribution in [-0.2, 0) is 27.1 Å². The van der Waals surface area contributed by atoms with Crippen LogP contribution >= 0.6 is 11.8 Å². The summed E-state index contributed by atoms with van der Waals surface area (Å²) in [5, 5.41) is 11.3. The molecule has 12 heteroatoms. The van der Waals surface area contributed by atoms with Gasteiger partial charge in [-0.15, -0.1) is 0 Å². The number of thioether (sulfide) groups is 1. The number of hydrogen-bond donors (Lipinski definition) is 0. The SMILES string of the molecule is C=CCOc1c(C)c2c(c3c1CC1[C@H]4c5c(cc(C)c(OC)c5OCOCCOC)C[C@@H]([C@H](C#N)N1[C@H]3COC(C)CSCC1c3ccccc3-c3ccccc31)N4C)OCO2. The van der Waals surface area contributed by atoms with Crippen LogP contribution in [0.2, 0.25) is 0 Å². The maximum Gasteiger partial charge on any atom is 0.231 e. The van der Waals surface area contributed by atoms with Gasteiger partial charge < -0.3 is 37.9 Å². The number of rotatable bonds is 17. The van der Waals surface area contributed by atoms with Crippen LogP contribution < -0.4 is 23.7 Å². The minimum atomic E-state index is -0.454. The van der Waals surface area contributed by atoms with Crippen LogP contribution in [0.3, 0.4) is 0 Å². The number of piperazine rings is 1. The Morgan fingerprint density at radius 2 is 1.68 bits per heavy atom.